The summed E-state index contributed by atoms with van der Waals surface area (Å²) >= 11 is 1.34. The lowest BCUT2D eigenvalue weighted by molar-refractivity contribution is -0.121. The van der Waals surface area contributed by atoms with E-state index in [-0.39, 0.29) is 30.4 Å². The third kappa shape index (κ3) is 4.60. The molecule has 5 rings (SSSR count). The lowest BCUT2D eigenvalue weighted by Gasteiger charge is -2.31. The van der Waals surface area contributed by atoms with Crippen LogP contribution in [0.5, 0.6) is 11.5 Å². The van der Waals surface area contributed by atoms with Crippen molar-refractivity contribution in [3.63, 3.8) is 0 Å². The summed E-state index contributed by atoms with van der Waals surface area (Å²) in [6, 6.07) is 15.9. The number of piperidine rings is 1. The maximum atomic E-state index is 13.2. The van der Waals surface area contributed by atoms with Crippen LogP contribution >= 0.6 is 11.3 Å². The predicted octanol–water partition coefficient (Wildman–Crippen LogP) is 4.22. The molecule has 0 saturated carbocycles. The Kier molecular flexibility index (Phi) is 6.18. The minimum absolute atomic E-state index is 0.0745. The van der Waals surface area contributed by atoms with Crippen LogP contribution in [0.3, 0.4) is 0 Å². The molecule has 0 bridgehead atoms. The van der Waals surface area contributed by atoms with Crippen LogP contribution in [0.15, 0.2) is 60.0 Å². The normalized spacial score (nSPS) is 15.1. The number of nitrogens with one attached hydrogen (secondary N) is 2. The van der Waals surface area contributed by atoms with Crippen LogP contribution in [0.2, 0.25) is 0 Å². The molecule has 0 aliphatic carbocycles. The Morgan fingerprint density at radius 1 is 0.912 bits per heavy atom. The highest BCUT2D eigenvalue weighted by molar-refractivity contribution is 7.12. The molecule has 174 valence electrons. The molecule has 2 aliphatic heterocycles. The zero-order valence-electron chi connectivity index (χ0n) is 18.3. The van der Waals surface area contributed by atoms with Crippen LogP contribution in [-0.2, 0) is 4.79 Å². The van der Waals surface area contributed by atoms with E-state index in [0.29, 0.717) is 59.2 Å². The highest BCUT2D eigenvalue weighted by Gasteiger charge is 2.29. The van der Waals surface area contributed by atoms with E-state index in [1.54, 1.807) is 53.4 Å². The van der Waals surface area contributed by atoms with E-state index in [4.69, 9.17) is 9.47 Å². The largest absolute Gasteiger partial charge is 0.454 e. The van der Waals surface area contributed by atoms with Gasteiger partial charge >= 0.3 is 0 Å². The molecule has 34 heavy (non-hydrogen) atoms. The zero-order chi connectivity index (χ0) is 23.5. The molecule has 1 fully saturated rings. The molecule has 1 saturated heterocycles. The first kappa shape index (κ1) is 22.0. The van der Waals surface area contributed by atoms with Gasteiger partial charge in [0.1, 0.15) is 0 Å². The van der Waals surface area contributed by atoms with E-state index < -0.39 is 0 Å². The summed E-state index contributed by atoms with van der Waals surface area (Å²) in [7, 11) is 0. The summed E-state index contributed by atoms with van der Waals surface area (Å²) in [5.41, 5.74) is 1.58. The summed E-state index contributed by atoms with van der Waals surface area (Å²) in [4.78, 5) is 40.8. The number of amides is 3. The molecule has 2 aliphatic rings. The van der Waals surface area contributed by atoms with Crippen molar-refractivity contribution in [2.75, 3.05) is 30.5 Å². The standard InChI is InChI=1S/C25H23N3O5S/c29-23(26-17-7-8-20-21(14-17)33-15-32-20)16-9-11-28(12-10-16)25(31)18-4-1-2-5-19(18)27-24(30)22-6-3-13-34-22/h1-8,13-14,16H,9-12,15H2,(H,26,29)(H,27,30). The zero-order valence-corrected chi connectivity index (χ0v) is 19.1. The summed E-state index contributed by atoms with van der Waals surface area (Å²) in [5.74, 6) is 0.614. The number of hydrogen-bond donors (Lipinski definition) is 2. The van der Waals surface area contributed by atoms with Crippen molar-refractivity contribution in [2.24, 2.45) is 5.92 Å². The molecule has 2 N–H and O–H groups in total. The number of anilines is 2. The van der Waals surface area contributed by atoms with E-state index in [1.807, 2.05) is 11.4 Å². The van der Waals surface area contributed by atoms with Crippen LogP contribution < -0.4 is 20.1 Å². The maximum absolute atomic E-state index is 13.2. The van der Waals surface area contributed by atoms with Crippen molar-refractivity contribution >= 4 is 40.4 Å². The van der Waals surface area contributed by atoms with E-state index >= 15 is 0 Å². The molecular weight excluding hydrogens is 454 g/mol. The van der Waals surface area contributed by atoms with E-state index in [0.717, 1.165) is 0 Å². The van der Waals surface area contributed by atoms with Crippen molar-refractivity contribution in [1.29, 1.82) is 0 Å². The van der Waals surface area contributed by atoms with Crippen molar-refractivity contribution < 1.29 is 23.9 Å². The van der Waals surface area contributed by atoms with Crippen LogP contribution in [0.1, 0.15) is 32.9 Å². The van der Waals surface area contributed by atoms with Gasteiger partial charge in [-0.05, 0) is 48.6 Å². The van der Waals surface area contributed by atoms with Gasteiger partial charge in [-0.25, -0.2) is 0 Å². The van der Waals surface area contributed by atoms with Crippen molar-refractivity contribution in [3.05, 3.63) is 70.4 Å². The quantitative estimate of drug-likeness (QED) is 0.574. The van der Waals surface area contributed by atoms with Gasteiger partial charge in [0, 0.05) is 30.8 Å². The molecule has 3 heterocycles. The molecule has 0 spiro atoms. The number of para-hydroxylation sites is 1. The highest BCUT2D eigenvalue weighted by Crippen LogP contribution is 2.34. The number of ether oxygens (including phenoxy) is 2. The van der Waals surface area contributed by atoms with Crippen LogP contribution in [0.25, 0.3) is 0 Å². The Hall–Kier alpha value is -3.85. The molecular formula is C25H23N3O5S. The molecule has 0 unspecified atom stereocenters. The van der Waals surface area contributed by atoms with Crippen molar-refractivity contribution in [3.8, 4) is 11.5 Å². The SMILES string of the molecule is O=C(Nc1ccccc1C(=O)N1CCC(C(=O)Nc2ccc3c(c2)OCO3)CC1)c1cccs1. The summed E-state index contributed by atoms with van der Waals surface area (Å²) in [5, 5.41) is 7.61. The second-order valence-corrected chi connectivity index (χ2v) is 9.05. The number of carbonyl (C=O) groups is 3. The minimum Gasteiger partial charge on any atom is -0.454 e. The predicted molar refractivity (Wildman–Crippen MR) is 129 cm³/mol. The van der Waals surface area contributed by atoms with E-state index in [9.17, 15) is 14.4 Å². The number of rotatable bonds is 5. The molecule has 3 amide bonds. The summed E-state index contributed by atoms with van der Waals surface area (Å²) < 4.78 is 10.7. The third-order valence-corrected chi connectivity index (χ3v) is 6.81. The second-order valence-electron chi connectivity index (χ2n) is 8.10. The fraction of sp³-hybridized carbons (Fsp3) is 0.240. The summed E-state index contributed by atoms with van der Waals surface area (Å²) in [6.45, 7) is 1.11. The number of hydrogen-bond acceptors (Lipinski definition) is 6. The molecule has 1 aromatic heterocycles. The third-order valence-electron chi connectivity index (χ3n) is 5.94. The number of nitrogens with zero attached hydrogens (tertiary/aromatic N) is 1. The number of likely N-dealkylation sites (tertiary alicyclic amines) is 1. The van der Waals surface area contributed by atoms with Gasteiger partial charge in [-0.3, -0.25) is 14.4 Å². The Labute approximate surface area is 200 Å². The molecule has 3 aromatic rings. The number of thiophene rings is 1. The first-order valence-electron chi connectivity index (χ1n) is 11.0. The topological polar surface area (TPSA) is 97.0 Å². The molecule has 2 aromatic carbocycles. The Balaban J connectivity index is 1.19. The van der Waals surface area contributed by atoms with Crippen LogP contribution in [0, 0.1) is 5.92 Å². The van der Waals surface area contributed by atoms with E-state index in [2.05, 4.69) is 10.6 Å². The fourth-order valence-electron chi connectivity index (χ4n) is 4.10. The van der Waals surface area contributed by atoms with Gasteiger partial charge < -0.3 is 25.0 Å². The monoisotopic (exact) mass is 477 g/mol. The number of fused-ring (bicyclic) bond motifs is 1. The minimum atomic E-state index is -0.242. The number of benzene rings is 2. The van der Waals surface area contributed by atoms with Gasteiger partial charge in [-0.1, -0.05) is 18.2 Å². The van der Waals surface area contributed by atoms with Gasteiger partial charge in [0.15, 0.2) is 11.5 Å². The smallest absolute Gasteiger partial charge is 0.265 e. The molecule has 9 heteroatoms. The second kappa shape index (κ2) is 9.56. The van der Waals surface area contributed by atoms with Crippen LogP contribution in [-0.4, -0.2) is 42.5 Å². The summed E-state index contributed by atoms with van der Waals surface area (Å²) in [6.07, 6.45) is 1.12. The lowest BCUT2D eigenvalue weighted by atomic mass is 9.95. The first-order valence-corrected chi connectivity index (χ1v) is 11.9. The Morgan fingerprint density at radius 2 is 1.71 bits per heavy atom. The van der Waals surface area contributed by atoms with Gasteiger partial charge in [0.05, 0.1) is 16.1 Å². The molecule has 0 radical (unpaired) electrons. The molecule has 0 atom stereocenters. The first-order chi connectivity index (χ1) is 16.6. The van der Waals surface area contributed by atoms with Gasteiger partial charge in [0.2, 0.25) is 12.7 Å². The Bertz CT molecular complexity index is 1220. The van der Waals surface area contributed by atoms with Gasteiger partial charge in [-0.2, -0.15) is 0 Å². The van der Waals surface area contributed by atoms with E-state index in [1.165, 1.54) is 11.3 Å². The van der Waals surface area contributed by atoms with Crippen molar-refractivity contribution in [2.45, 2.75) is 12.8 Å². The molecule has 8 nitrogen and oxygen atoms in total. The fourth-order valence-corrected chi connectivity index (χ4v) is 4.72. The van der Waals surface area contributed by atoms with Gasteiger partial charge in [0.25, 0.3) is 11.8 Å². The highest BCUT2D eigenvalue weighted by atomic mass is 32.1. The number of carbonyl (C=O) groups excluding carboxylic acids is 3. The maximum Gasteiger partial charge on any atom is 0.265 e. The van der Waals surface area contributed by atoms with Crippen LogP contribution in [0.4, 0.5) is 11.4 Å². The Morgan fingerprint density at radius 3 is 2.50 bits per heavy atom. The average molecular weight is 478 g/mol. The van der Waals surface area contributed by atoms with Gasteiger partial charge in [-0.15, -0.1) is 11.3 Å². The van der Waals surface area contributed by atoms with Crippen molar-refractivity contribution in [1.82, 2.24) is 4.90 Å². The lowest BCUT2D eigenvalue weighted by Crippen LogP contribution is -2.41. The average Bonchev–Trinajstić information content (AvgIpc) is 3.56.